The lowest BCUT2D eigenvalue weighted by molar-refractivity contribution is 0.678. The number of thiazole rings is 1. The van der Waals surface area contributed by atoms with E-state index in [9.17, 15) is 0 Å². The van der Waals surface area contributed by atoms with Gasteiger partial charge in [0.15, 0.2) is 0 Å². The fourth-order valence-electron chi connectivity index (χ4n) is 1.72. The first-order valence-corrected chi connectivity index (χ1v) is 7.74. The fourth-order valence-corrected chi connectivity index (χ4v) is 3.14. The van der Waals surface area contributed by atoms with E-state index in [0.29, 0.717) is 0 Å². The Bertz CT molecular complexity index is 522. The van der Waals surface area contributed by atoms with E-state index in [1.807, 2.05) is 12.1 Å². The summed E-state index contributed by atoms with van der Waals surface area (Å²) in [4.78, 5) is 5.99. The summed E-state index contributed by atoms with van der Waals surface area (Å²) in [6.45, 7) is 6.25. The number of hydrogen-bond donors (Lipinski definition) is 1. The largest absolute Gasteiger partial charge is 0.312 e. The number of hydrogen-bond acceptors (Lipinski definition) is 3. The van der Waals surface area contributed by atoms with Crippen LogP contribution < -0.4 is 5.32 Å². The van der Waals surface area contributed by atoms with Crippen molar-refractivity contribution in [1.29, 1.82) is 0 Å². The number of nitrogens with zero attached hydrogens (tertiary/aromatic N) is 1. The van der Waals surface area contributed by atoms with Gasteiger partial charge in [-0.25, -0.2) is 4.98 Å². The molecular formula is C14H17BrN2S. The summed E-state index contributed by atoms with van der Waals surface area (Å²) in [6, 6.07) is 8.30. The minimum atomic E-state index is 0.922. The third-order valence-corrected chi connectivity index (χ3v) is 4.38. The lowest BCUT2D eigenvalue weighted by atomic mass is 10.2. The topological polar surface area (TPSA) is 24.9 Å². The molecule has 96 valence electrons. The molecule has 0 unspecified atom stereocenters. The highest BCUT2D eigenvalue weighted by atomic mass is 79.9. The van der Waals surface area contributed by atoms with Crippen LogP contribution in [0.2, 0.25) is 0 Å². The number of benzene rings is 1. The molecule has 0 aliphatic carbocycles. The molecule has 0 saturated heterocycles. The van der Waals surface area contributed by atoms with E-state index in [-0.39, 0.29) is 0 Å². The van der Waals surface area contributed by atoms with E-state index in [1.165, 1.54) is 10.4 Å². The van der Waals surface area contributed by atoms with Gasteiger partial charge in [-0.15, -0.1) is 11.3 Å². The maximum atomic E-state index is 4.66. The van der Waals surface area contributed by atoms with Crippen LogP contribution in [0.15, 0.2) is 28.7 Å². The Balaban J connectivity index is 2.18. The molecule has 0 radical (unpaired) electrons. The van der Waals surface area contributed by atoms with Gasteiger partial charge >= 0.3 is 0 Å². The first-order valence-electron chi connectivity index (χ1n) is 6.13. The van der Waals surface area contributed by atoms with Gasteiger partial charge in [-0.3, -0.25) is 0 Å². The third-order valence-electron chi connectivity index (χ3n) is 2.68. The van der Waals surface area contributed by atoms with Gasteiger partial charge in [-0.05, 0) is 32.0 Å². The van der Waals surface area contributed by atoms with Gasteiger partial charge in [0, 0.05) is 21.5 Å². The molecular weight excluding hydrogens is 308 g/mol. The molecule has 4 heteroatoms. The highest BCUT2D eigenvalue weighted by Crippen LogP contribution is 2.29. The van der Waals surface area contributed by atoms with E-state index in [2.05, 4.69) is 52.2 Å². The Morgan fingerprint density at radius 2 is 2.22 bits per heavy atom. The maximum absolute atomic E-state index is 4.66. The molecule has 1 aromatic heterocycles. The van der Waals surface area contributed by atoms with Crippen molar-refractivity contribution in [2.45, 2.75) is 26.8 Å². The maximum Gasteiger partial charge on any atom is 0.123 e. The van der Waals surface area contributed by atoms with Crippen molar-refractivity contribution in [1.82, 2.24) is 10.3 Å². The minimum Gasteiger partial charge on any atom is -0.312 e. The summed E-state index contributed by atoms with van der Waals surface area (Å²) < 4.78 is 1.10. The summed E-state index contributed by atoms with van der Waals surface area (Å²) >= 11 is 5.28. The average molecular weight is 325 g/mol. The molecule has 1 heterocycles. The monoisotopic (exact) mass is 324 g/mol. The second-order valence-electron chi connectivity index (χ2n) is 4.21. The van der Waals surface area contributed by atoms with Crippen LogP contribution in [0.5, 0.6) is 0 Å². The molecule has 0 bridgehead atoms. The van der Waals surface area contributed by atoms with Crippen molar-refractivity contribution in [2.24, 2.45) is 0 Å². The molecule has 0 fully saturated rings. The zero-order valence-electron chi connectivity index (χ0n) is 10.7. The molecule has 1 N–H and O–H groups in total. The molecule has 0 atom stereocenters. The number of nitrogens with one attached hydrogen (secondary N) is 1. The van der Waals surface area contributed by atoms with E-state index < -0.39 is 0 Å². The zero-order chi connectivity index (χ0) is 13.0. The van der Waals surface area contributed by atoms with Gasteiger partial charge in [0.2, 0.25) is 0 Å². The number of halogens is 1. The van der Waals surface area contributed by atoms with Crippen molar-refractivity contribution in [3.8, 4) is 10.6 Å². The molecule has 18 heavy (non-hydrogen) atoms. The number of aryl methyl sites for hydroxylation is 1. The Labute approximate surface area is 121 Å². The Morgan fingerprint density at radius 1 is 1.39 bits per heavy atom. The normalized spacial score (nSPS) is 10.8. The van der Waals surface area contributed by atoms with E-state index in [0.717, 1.165) is 34.7 Å². The smallest absolute Gasteiger partial charge is 0.123 e. The van der Waals surface area contributed by atoms with Crippen molar-refractivity contribution in [3.05, 3.63) is 39.3 Å². The molecule has 1 aromatic carbocycles. The van der Waals surface area contributed by atoms with Crippen molar-refractivity contribution < 1.29 is 0 Å². The Morgan fingerprint density at radius 3 is 2.94 bits per heavy atom. The lowest BCUT2D eigenvalue weighted by Gasteiger charge is -1.99. The fraction of sp³-hybridized carbons (Fsp3) is 0.357. The van der Waals surface area contributed by atoms with Crippen LogP contribution in [0, 0.1) is 6.92 Å². The van der Waals surface area contributed by atoms with Gasteiger partial charge in [0.25, 0.3) is 0 Å². The van der Waals surface area contributed by atoms with E-state index >= 15 is 0 Å². The van der Waals surface area contributed by atoms with Gasteiger partial charge < -0.3 is 5.32 Å². The highest BCUT2D eigenvalue weighted by molar-refractivity contribution is 9.10. The molecule has 2 aromatic rings. The van der Waals surface area contributed by atoms with Gasteiger partial charge in [0.05, 0.1) is 5.69 Å². The molecule has 2 rings (SSSR count). The molecule has 0 amide bonds. The van der Waals surface area contributed by atoms with Crippen LogP contribution in [0.1, 0.15) is 23.9 Å². The molecule has 0 aliphatic rings. The SMILES string of the molecule is CCCNCc1sc(-c2cccc(Br)c2)nc1C. The van der Waals surface area contributed by atoms with Crippen molar-refractivity contribution >= 4 is 27.3 Å². The van der Waals surface area contributed by atoms with Gasteiger partial charge in [-0.2, -0.15) is 0 Å². The Hall–Kier alpha value is -0.710. The predicted molar refractivity (Wildman–Crippen MR) is 82.0 cm³/mol. The summed E-state index contributed by atoms with van der Waals surface area (Å²) in [5, 5.41) is 4.53. The molecule has 0 spiro atoms. The second-order valence-corrected chi connectivity index (χ2v) is 6.21. The quantitative estimate of drug-likeness (QED) is 0.825. The van der Waals surface area contributed by atoms with Crippen LogP contribution in [0.4, 0.5) is 0 Å². The standard InChI is InChI=1S/C14H17BrN2S/c1-3-7-16-9-13-10(2)17-14(18-13)11-5-4-6-12(15)8-11/h4-6,8,16H,3,7,9H2,1-2H3. The van der Waals surface area contributed by atoms with Crippen LogP contribution in [0.3, 0.4) is 0 Å². The first kappa shape index (κ1) is 13.7. The summed E-state index contributed by atoms with van der Waals surface area (Å²) in [6.07, 6.45) is 1.16. The van der Waals surface area contributed by atoms with E-state index in [1.54, 1.807) is 11.3 Å². The third kappa shape index (κ3) is 3.40. The second kappa shape index (κ2) is 6.45. The lowest BCUT2D eigenvalue weighted by Crippen LogP contribution is -2.13. The van der Waals surface area contributed by atoms with Crippen LogP contribution in [-0.4, -0.2) is 11.5 Å². The first-order chi connectivity index (χ1) is 8.70. The average Bonchev–Trinajstić information content (AvgIpc) is 2.72. The zero-order valence-corrected chi connectivity index (χ0v) is 13.1. The molecule has 0 aliphatic heterocycles. The van der Waals surface area contributed by atoms with Crippen LogP contribution >= 0.6 is 27.3 Å². The number of aromatic nitrogens is 1. The number of rotatable bonds is 5. The predicted octanol–water partition coefficient (Wildman–Crippen LogP) is 4.38. The highest BCUT2D eigenvalue weighted by Gasteiger charge is 2.09. The minimum absolute atomic E-state index is 0.922. The van der Waals surface area contributed by atoms with E-state index in [4.69, 9.17) is 0 Å². The molecule has 0 saturated carbocycles. The van der Waals surface area contributed by atoms with Crippen LogP contribution in [0.25, 0.3) is 10.6 Å². The summed E-state index contributed by atoms with van der Waals surface area (Å²) in [7, 11) is 0. The summed E-state index contributed by atoms with van der Waals surface area (Å²) in [5.41, 5.74) is 2.32. The van der Waals surface area contributed by atoms with Crippen molar-refractivity contribution in [3.63, 3.8) is 0 Å². The molecule has 2 nitrogen and oxygen atoms in total. The Kier molecular flexibility index (Phi) is 4.92. The van der Waals surface area contributed by atoms with Gasteiger partial charge in [0.1, 0.15) is 5.01 Å². The van der Waals surface area contributed by atoms with Crippen molar-refractivity contribution in [2.75, 3.05) is 6.54 Å². The van der Waals surface area contributed by atoms with Gasteiger partial charge in [-0.1, -0.05) is 35.0 Å². The van der Waals surface area contributed by atoms with Crippen LogP contribution in [-0.2, 0) is 6.54 Å². The summed E-state index contributed by atoms with van der Waals surface area (Å²) in [5.74, 6) is 0.